The highest BCUT2D eigenvalue weighted by atomic mass is 16.5. The lowest BCUT2D eigenvalue weighted by Crippen LogP contribution is -2.40. The summed E-state index contributed by atoms with van der Waals surface area (Å²) >= 11 is 0. The van der Waals surface area contributed by atoms with Crippen molar-refractivity contribution in [3.05, 3.63) is 65.2 Å². The van der Waals surface area contributed by atoms with E-state index in [9.17, 15) is 19.8 Å². The fraction of sp³-hybridized carbons (Fsp3) is 0.300. The molecule has 0 saturated heterocycles. The van der Waals surface area contributed by atoms with Gasteiger partial charge in [-0.05, 0) is 35.2 Å². The molecule has 3 atom stereocenters. The molecular formula is C20H22N2O5. The molecule has 27 heavy (non-hydrogen) atoms. The Morgan fingerprint density at radius 1 is 1.15 bits per heavy atom. The van der Waals surface area contributed by atoms with Crippen LogP contribution < -0.4 is 10.8 Å². The maximum atomic E-state index is 12.8. The van der Waals surface area contributed by atoms with Gasteiger partial charge in [-0.1, -0.05) is 36.4 Å². The van der Waals surface area contributed by atoms with Gasteiger partial charge in [0.15, 0.2) is 0 Å². The molecule has 0 spiro atoms. The molecule has 3 rings (SSSR count). The molecule has 7 nitrogen and oxygen atoms in total. The summed E-state index contributed by atoms with van der Waals surface area (Å²) in [7, 11) is 0. The number of benzene rings is 2. The molecule has 0 heterocycles. The van der Waals surface area contributed by atoms with Gasteiger partial charge in [0.25, 0.3) is 0 Å². The third kappa shape index (κ3) is 4.45. The number of nitrogens with one attached hydrogen (secondary N) is 2. The van der Waals surface area contributed by atoms with Gasteiger partial charge in [-0.3, -0.25) is 14.8 Å². The highest BCUT2D eigenvalue weighted by Gasteiger charge is 2.34. The largest absolute Gasteiger partial charge is 0.508 e. The number of aliphatic hydroxyl groups is 1. The van der Waals surface area contributed by atoms with Crippen molar-refractivity contribution in [2.24, 2.45) is 5.92 Å². The summed E-state index contributed by atoms with van der Waals surface area (Å²) < 4.78 is 0. The Hall–Kier alpha value is -2.90. The number of phenolic OH excluding ortho intramolecular Hbond substituents is 1. The van der Waals surface area contributed by atoms with Crippen LogP contribution in [-0.4, -0.2) is 33.3 Å². The Bertz CT molecular complexity index is 839. The normalized spacial score (nSPS) is 19.2. The zero-order valence-corrected chi connectivity index (χ0v) is 14.6. The second-order valence-corrected chi connectivity index (χ2v) is 6.77. The van der Waals surface area contributed by atoms with Crippen molar-refractivity contribution >= 4 is 11.8 Å². The smallest absolute Gasteiger partial charge is 0.244 e. The number of carbonyl (C=O) groups excluding carboxylic acids is 2. The summed E-state index contributed by atoms with van der Waals surface area (Å²) in [5.74, 6) is -1.78. The highest BCUT2D eigenvalue weighted by Crippen LogP contribution is 2.31. The van der Waals surface area contributed by atoms with Gasteiger partial charge in [0.2, 0.25) is 11.8 Å². The maximum absolute atomic E-state index is 12.8. The fourth-order valence-electron chi connectivity index (χ4n) is 3.51. The molecule has 0 saturated carbocycles. The fourth-order valence-corrected chi connectivity index (χ4v) is 3.51. The molecular weight excluding hydrogens is 348 g/mol. The van der Waals surface area contributed by atoms with E-state index in [0.717, 1.165) is 11.1 Å². The van der Waals surface area contributed by atoms with Crippen molar-refractivity contribution in [1.82, 2.24) is 10.8 Å². The van der Waals surface area contributed by atoms with Crippen LogP contribution in [0.1, 0.15) is 29.2 Å². The number of aromatic hydroxyl groups is 1. The number of amides is 2. The van der Waals surface area contributed by atoms with E-state index in [2.05, 4.69) is 5.32 Å². The number of rotatable bonds is 6. The predicted octanol–water partition coefficient (Wildman–Crippen LogP) is 1.22. The molecule has 0 radical (unpaired) electrons. The average Bonchev–Trinajstić information content (AvgIpc) is 2.96. The first-order valence-electron chi connectivity index (χ1n) is 8.75. The summed E-state index contributed by atoms with van der Waals surface area (Å²) in [5.41, 5.74) is 4.08. The SMILES string of the molecule is O=C(C[C@@H](Cc1cccc(O)c1)C(=O)N[C@H]1c2ccccc2C[C@H]1O)NO. The van der Waals surface area contributed by atoms with E-state index < -0.39 is 29.9 Å². The third-order valence-corrected chi connectivity index (χ3v) is 4.82. The van der Waals surface area contributed by atoms with Crippen molar-refractivity contribution in [2.75, 3.05) is 0 Å². The van der Waals surface area contributed by atoms with Gasteiger partial charge in [-0.25, -0.2) is 5.48 Å². The van der Waals surface area contributed by atoms with Gasteiger partial charge < -0.3 is 15.5 Å². The number of fused-ring (bicyclic) bond motifs is 1. The van der Waals surface area contributed by atoms with E-state index in [4.69, 9.17) is 5.21 Å². The molecule has 0 bridgehead atoms. The van der Waals surface area contributed by atoms with Crippen LogP contribution in [-0.2, 0) is 22.4 Å². The van der Waals surface area contributed by atoms with Crippen LogP contribution in [0, 0.1) is 5.92 Å². The van der Waals surface area contributed by atoms with E-state index in [1.165, 1.54) is 12.1 Å². The van der Waals surface area contributed by atoms with Crippen LogP contribution >= 0.6 is 0 Å². The maximum Gasteiger partial charge on any atom is 0.244 e. The standard InChI is InChI=1S/C20H22N2O5/c23-15-6-3-4-12(9-15)8-14(11-18(25)22-27)20(26)21-19-16-7-2-1-5-13(16)10-17(19)24/h1-7,9,14,17,19,23-24,27H,8,10-11H2,(H,21,26)(H,22,25)/t14-,17-,19+/m1/s1. The van der Waals surface area contributed by atoms with Crippen LogP contribution in [0.2, 0.25) is 0 Å². The topological polar surface area (TPSA) is 119 Å². The van der Waals surface area contributed by atoms with Gasteiger partial charge in [-0.15, -0.1) is 0 Å². The van der Waals surface area contributed by atoms with E-state index >= 15 is 0 Å². The lowest BCUT2D eigenvalue weighted by molar-refractivity contribution is -0.135. The van der Waals surface area contributed by atoms with Gasteiger partial charge >= 0.3 is 0 Å². The van der Waals surface area contributed by atoms with Gasteiger partial charge in [-0.2, -0.15) is 0 Å². The van der Waals surface area contributed by atoms with Gasteiger partial charge in [0.1, 0.15) is 5.75 Å². The van der Waals surface area contributed by atoms with Crippen LogP contribution in [0.4, 0.5) is 0 Å². The number of hydrogen-bond donors (Lipinski definition) is 5. The molecule has 5 N–H and O–H groups in total. The molecule has 142 valence electrons. The summed E-state index contributed by atoms with van der Waals surface area (Å²) in [6.07, 6.45) is -0.296. The lowest BCUT2D eigenvalue weighted by atomic mass is 9.94. The van der Waals surface area contributed by atoms with Gasteiger partial charge in [0, 0.05) is 12.8 Å². The summed E-state index contributed by atoms with van der Waals surface area (Å²) in [6.45, 7) is 0. The minimum Gasteiger partial charge on any atom is -0.508 e. The quantitative estimate of drug-likeness (QED) is 0.387. The Morgan fingerprint density at radius 2 is 1.93 bits per heavy atom. The summed E-state index contributed by atoms with van der Waals surface area (Å²) in [6, 6.07) is 13.4. The molecule has 1 aliphatic carbocycles. The van der Waals surface area contributed by atoms with Gasteiger partial charge in [0.05, 0.1) is 18.1 Å². The Morgan fingerprint density at radius 3 is 2.67 bits per heavy atom. The molecule has 0 aliphatic heterocycles. The summed E-state index contributed by atoms with van der Waals surface area (Å²) in [4.78, 5) is 24.5. The average molecular weight is 370 g/mol. The molecule has 2 amide bonds. The second kappa shape index (κ2) is 8.20. The van der Waals surface area contributed by atoms with Crippen molar-refractivity contribution in [3.63, 3.8) is 0 Å². The van der Waals surface area contributed by atoms with Crippen LogP contribution in [0.5, 0.6) is 5.75 Å². The molecule has 1 aliphatic rings. The molecule has 0 aromatic heterocycles. The highest BCUT2D eigenvalue weighted by molar-refractivity contribution is 5.86. The molecule has 2 aromatic carbocycles. The Balaban J connectivity index is 1.77. The lowest BCUT2D eigenvalue weighted by Gasteiger charge is -2.22. The number of phenols is 1. The minimum atomic E-state index is -0.765. The van der Waals surface area contributed by atoms with Crippen molar-refractivity contribution in [2.45, 2.75) is 31.4 Å². The Kier molecular flexibility index (Phi) is 5.73. The number of hydroxylamine groups is 1. The van der Waals surface area contributed by atoms with Crippen molar-refractivity contribution < 1.29 is 25.0 Å². The second-order valence-electron chi connectivity index (χ2n) is 6.77. The third-order valence-electron chi connectivity index (χ3n) is 4.82. The number of carbonyl (C=O) groups is 2. The molecule has 2 aromatic rings. The minimum absolute atomic E-state index is 0.0680. The van der Waals surface area contributed by atoms with E-state index in [-0.39, 0.29) is 18.6 Å². The first kappa shape index (κ1) is 18.9. The van der Waals surface area contributed by atoms with E-state index in [1.807, 2.05) is 24.3 Å². The van der Waals surface area contributed by atoms with Crippen molar-refractivity contribution in [3.8, 4) is 5.75 Å². The summed E-state index contributed by atoms with van der Waals surface area (Å²) in [5, 5.41) is 31.6. The molecule has 7 heteroatoms. The Labute approximate surface area is 156 Å². The van der Waals surface area contributed by atoms with Crippen LogP contribution in [0.3, 0.4) is 0 Å². The van der Waals surface area contributed by atoms with E-state index in [0.29, 0.717) is 12.0 Å². The van der Waals surface area contributed by atoms with Crippen LogP contribution in [0.15, 0.2) is 48.5 Å². The first-order valence-corrected chi connectivity index (χ1v) is 8.75. The van der Waals surface area contributed by atoms with Crippen LogP contribution in [0.25, 0.3) is 0 Å². The molecule has 0 unspecified atom stereocenters. The number of hydrogen-bond acceptors (Lipinski definition) is 5. The van der Waals surface area contributed by atoms with Crippen molar-refractivity contribution in [1.29, 1.82) is 0 Å². The predicted molar refractivity (Wildman–Crippen MR) is 96.9 cm³/mol. The zero-order valence-electron chi connectivity index (χ0n) is 14.6. The first-order chi connectivity index (χ1) is 13.0. The zero-order chi connectivity index (χ0) is 19.4. The number of aliphatic hydroxyl groups excluding tert-OH is 1. The molecule has 0 fully saturated rings. The monoisotopic (exact) mass is 370 g/mol. The van der Waals surface area contributed by atoms with E-state index in [1.54, 1.807) is 17.6 Å².